The van der Waals surface area contributed by atoms with Gasteiger partial charge in [-0.15, -0.1) is 20.2 Å². The van der Waals surface area contributed by atoms with Crippen LogP contribution in [0, 0.1) is 43.9 Å². The highest BCUT2D eigenvalue weighted by atomic mass is 17.0. The van der Waals surface area contributed by atoms with Crippen molar-refractivity contribution in [1.82, 2.24) is 0 Å². The Bertz CT molecular complexity index is 788. The van der Waals surface area contributed by atoms with Gasteiger partial charge >= 0.3 is 0 Å². The molecule has 4 fully saturated rings. The summed E-state index contributed by atoms with van der Waals surface area (Å²) in [6, 6.07) is 8.52. The SMILES string of the molecule is NCCC1(c2cccc(CCC(CO[N+](=O)[O-])O[N+](=O)[O-])c2)C2CC3CC(C2)CC1C3. The smallest absolute Gasteiger partial charge is 0.294 e. The van der Waals surface area contributed by atoms with Gasteiger partial charge in [0.2, 0.25) is 0 Å². The molecule has 5 rings (SSSR count). The van der Waals surface area contributed by atoms with Crippen LogP contribution in [0.3, 0.4) is 0 Å². The van der Waals surface area contributed by atoms with Crippen LogP contribution < -0.4 is 5.73 Å². The number of nitrogens with two attached hydrogens (primary N) is 1. The van der Waals surface area contributed by atoms with Crippen molar-refractivity contribution in [3.05, 3.63) is 55.6 Å². The molecule has 9 nitrogen and oxygen atoms in total. The minimum atomic E-state index is -0.983. The minimum Gasteiger partial charge on any atom is -0.330 e. The molecule has 2 N–H and O–H groups in total. The molecule has 0 radical (unpaired) electrons. The molecule has 170 valence electrons. The lowest BCUT2D eigenvalue weighted by Crippen LogP contribution is -2.56. The van der Waals surface area contributed by atoms with Gasteiger partial charge in [-0.25, -0.2) is 0 Å². The van der Waals surface area contributed by atoms with E-state index in [-0.39, 0.29) is 11.8 Å². The van der Waals surface area contributed by atoms with E-state index in [1.54, 1.807) is 0 Å². The molecule has 31 heavy (non-hydrogen) atoms. The van der Waals surface area contributed by atoms with Gasteiger partial charge in [-0.1, -0.05) is 24.3 Å². The van der Waals surface area contributed by atoms with Crippen molar-refractivity contribution in [3.8, 4) is 0 Å². The molecule has 9 heteroatoms. The summed E-state index contributed by atoms with van der Waals surface area (Å²) in [5.74, 6) is 3.11. The Morgan fingerprint density at radius 2 is 1.74 bits per heavy atom. The Labute approximate surface area is 181 Å². The molecule has 0 heterocycles. The largest absolute Gasteiger partial charge is 0.330 e. The van der Waals surface area contributed by atoms with Crippen LogP contribution in [-0.4, -0.2) is 29.4 Å². The fourth-order valence-corrected chi connectivity index (χ4v) is 7.06. The number of benzene rings is 1. The maximum atomic E-state index is 10.7. The van der Waals surface area contributed by atoms with E-state index in [2.05, 4.69) is 27.9 Å². The van der Waals surface area contributed by atoms with Crippen LogP contribution in [0.1, 0.15) is 56.1 Å². The van der Waals surface area contributed by atoms with Crippen molar-refractivity contribution in [2.45, 2.75) is 62.9 Å². The minimum absolute atomic E-state index is 0.129. The highest BCUT2D eigenvalue weighted by Gasteiger charge is 2.57. The van der Waals surface area contributed by atoms with Crippen LogP contribution in [0.25, 0.3) is 0 Å². The van der Waals surface area contributed by atoms with Gasteiger partial charge < -0.3 is 15.4 Å². The second-order valence-corrected chi connectivity index (χ2v) is 9.59. The molecule has 0 aliphatic heterocycles. The van der Waals surface area contributed by atoms with Crippen molar-refractivity contribution >= 4 is 0 Å². The molecule has 4 aliphatic carbocycles. The number of aryl methyl sites for hydroxylation is 1. The molecular formula is C22H31N3O6. The second-order valence-electron chi connectivity index (χ2n) is 9.59. The Kier molecular flexibility index (Phi) is 6.31. The fourth-order valence-electron chi connectivity index (χ4n) is 7.06. The lowest BCUT2D eigenvalue weighted by molar-refractivity contribution is -0.790. The van der Waals surface area contributed by atoms with Gasteiger partial charge in [0, 0.05) is 5.41 Å². The van der Waals surface area contributed by atoms with E-state index in [1.807, 2.05) is 6.07 Å². The molecule has 4 aliphatic rings. The average Bonchev–Trinajstić information content (AvgIpc) is 2.72. The normalized spacial score (nSPS) is 31.9. The highest BCUT2D eigenvalue weighted by Crippen LogP contribution is 2.64. The molecular weight excluding hydrogens is 402 g/mol. The van der Waals surface area contributed by atoms with Crippen LogP contribution in [0.4, 0.5) is 0 Å². The van der Waals surface area contributed by atoms with Crippen molar-refractivity contribution in [1.29, 1.82) is 0 Å². The zero-order valence-corrected chi connectivity index (χ0v) is 17.7. The van der Waals surface area contributed by atoms with Gasteiger partial charge in [0.05, 0.1) is 0 Å². The van der Waals surface area contributed by atoms with Gasteiger partial charge in [0.1, 0.15) is 12.7 Å². The van der Waals surface area contributed by atoms with E-state index in [1.165, 1.54) is 37.7 Å². The molecule has 0 amide bonds. The maximum Gasteiger partial charge on any atom is 0.294 e. The van der Waals surface area contributed by atoms with E-state index in [9.17, 15) is 20.2 Å². The standard InChI is InChI=1S/C22H31N3O6/c23-7-6-22(19-10-16-8-17(12-19)13-20(22)11-16)18-3-1-2-15(9-18)4-5-21(31-25(28)29)14-30-24(26)27/h1-3,9,16-17,19-21H,4-8,10-14,23H2. The summed E-state index contributed by atoms with van der Waals surface area (Å²) in [6.45, 7) is 0.210. The van der Waals surface area contributed by atoms with E-state index in [4.69, 9.17) is 5.73 Å². The molecule has 0 saturated heterocycles. The third kappa shape index (κ3) is 4.46. The molecule has 1 aromatic carbocycles. The first-order valence-corrected chi connectivity index (χ1v) is 11.3. The number of hydrogen-bond donors (Lipinski definition) is 1. The van der Waals surface area contributed by atoms with Crippen LogP contribution in [0.5, 0.6) is 0 Å². The predicted octanol–water partition coefficient (Wildman–Crippen LogP) is 3.45. The van der Waals surface area contributed by atoms with Crippen molar-refractivity contribution in [2.75, 3.05) is 13.2 Å². The van der Waals surface area contributed by atoms with E-state index in [0.29, 0.717) is 24.8 Å². The third-order valence-electron chi connectivity index (χ3n) is 7.97. The number of rotatable bonds is 11. The zero-order chi connectivity index (χ0) is 22.0. The summed E-state index contributed by atoms with van der Waals surface area (Å²) < 4.78 is 0. The lowest BCUT2D eigenvalue weighted by atomic mass is 9.43. The molecule has 1 aromatic rings. The average molecular weight is 434 g/mol. The quantitative estimate of drug-likeness (QED) is 0.418. The first-order chi connectivity index (χ1) is 14.9. The summed E-state index contributed by atoms with van der Waals surface area (Å²) in [5.41, 5.74) is 8.65. The molecule has 1 unspecified atom stereocenters. The molecule has 4 bridgehead atoms. The molecule has 0 aromatic heterocycles. The monoisotopic (exact) mass is 433 g/mol. The van der Waals surface area contributed by atoms with Crippen molar-refractivity contribution < 1.29 is 19.8 Å². The Balaban J connectivity index is 1.51. The summed E-state index contributed by atoms with van der Waals surface area (Å²) in [6.07, 6.45) is 7.39. The molecule has 4 saturated carbocycles. The summed E-state index contributed by atoms with van der Waals surface area (Å²) in [7, 11) is 0. The van der Waals surface area contributed by atoms with Crippen LogP contribution in [0.2, 0.25) is 0 Å². The van der Waals surface area contributed by atoms with Gasteiger partial charge in [0.25, 0.3) is 10.2 Å². The third-order valence-corrected chi connectivity index (χ3v) is 7.97. The first kappa shape index (κ1) is 21.8. The molecule has 0 spiro atoms. The van der Waals surface area contributed by atoms with Crippen LogP contribution >= 0.6 is 0 Å². The van der Waals surface area contributed by atoms with Gasteiger partial charge in [0.15, 0.2) is 0 Å². The number of hydrogen-bond acceptors (Lipinski definition) is 7. The predicted molar refractivity (Wildman–Crippen MR) is 112 cm³/mol. The van der Waals surface area contributed by atoms with Gasteiger partial charge in [-0.05, 0) is 92.7 Å². The Morgan fingerprint density at radius 1 is 1.06 bits per heavy atom. The topological polar surface area (TPSA) is 131 Å². The van der Waals surface area contributed by atoms with E-state index >= 15 is 0 Å². The van der Waals surface area contributed by atoms with Gasteiger partial charge in [-0.3, -0.25) is 0 Å². The maximum absolute atomic E-state index is 10.7. The Hall–Kier alpha value is -2.42. The second kappa shape index (κ2) is 8.98. The fraction of sp³-hybridized carbons (Fsp3) is 0.727. The summed E-state index contributed by atoms with van der Waals surface area (Å²) >= 11 is 0. The van der Waals surface area contributed by atoms with Crippen molar-refractivity contribution in [2.24, 2.45) is 29.4 Å². The zero-order valence-electron chi connectivity index (χ0n) is 17.7. The first-order valence-electron chi connectivity index (χ1n) is 11.3. The van der Waals surface area contributed by atoms with E-state index < -0.39 is 22.9 Å². The van der Waals surface area contributed by atoms with Crippen molar-refractivity contribution in [3.63, 3.8) is 0 Å². The number of nitrogens with zero attached hydrogens (tertiary/aromatic N) is 2. The molecule has 1 atom stereocenters. The van der Waals surface area contributed by atoms with E-state index in [0.717, 1.165) is 23.8 Å². The summed E-state index contributed by atoms with van der Waals surface area (Å²) in [4.78, 5) is 30.1. The van der Waals surface area contributed by atoms with Gasteiger partial charge in [-0.2, -0.15) is 0 Å². The Morgan fingerprint density at radius 3 is 2.32 bits per heavy atom. The summed E-state index contributed by atoms with van der Waals surface area (Å²) in [5, 5.41) is 19.3. The van der Waals surface area contributed by atoms with Crippen LogP contribution in [-0.2, 0) is 21.5 Å². The lowest BCUT2D eigenvalue weighted by Gasteiger charge is -2.62. The van der Waals surface area contributed by atoms with Crippen LogP contribution in [0.15, 0.2) is 24.3 Å². The highest BCUT2D eigenvalue weighted by molar-refractivity contribution is 5.35.